The van der Waals surface area contributed by atoms with E-state index in [9.17, 15) is 4.39 Å². The number of fused-ring (bicyclic) bond motifs is 1. The van der Waals surface area contributed by atoms with Gasteiger partial charge in [0.25, 0.3) is 0 Å². The van der Waals surface area contributed by atoms with Crippen molar-refractivity contribution in [2.75, 3.05) is 6.61 Å². The highest BCUT2D eigenvalue weighted by Crippen LogP contribution is 2.33. The van der Waals surface area contributed by atoms with E-state index >= 15 is 0 Å². The molecule has 0 atom stereocenters. The average molecular weight is 265 g/mol. The van der Waals surface area contributed by atoms with Crippen LogP contribution in [0, 0.1) is 5.82 Å². The van der Waals surface area contributed by atoms with Gasteiger partial charge < -0.3 is 10.5 Å². The molecule has 0 amide bonds. The lowest BCUT2D eigenvalue weighted by molar-refractivity contribution is 0.126. The van der Waals surface area contributed by atoms with E-state index in [2.05, 4.69) is 6.58 Å². The van der Waals surface area contributed by atoms with Gasteiger partial charge in [0.2, 0.25) is 0 Å². The lowest BCUT2D eigenvalue weighted by Gasteiger charge is -2.05. The average Bonchev–Trinajstić information content (AvgIpc) is 2.74. The maximum Gasteiger partial charge on any atom is 0.132 e. The predicted octanol–water partition coefficient (Wildman–Crippen LogP) is 3.59. The summed E-state index contributed by atoms with van der Waals surface area (Å²) in [6, 6.07) is 5.11. The first kappa shape index (κ1) is 13.2. The minimum absolute atomic E-state index is 0.203. The second-order valence-electron chi connectivity index (χ2n) is 3.95. The Hall–Kier alpha value is -1.23. The molecule has 1 heterocycles. The Kier molecular flexibility index (Phi) is 4.47. The third kappa shape index (κ3) is 2.61. The fourth-order valence-corrected chi connectivity index (χ4v) is 2.98. The van der Waals surface area contributed by atoms with Crippen molar-refractivity contribution in [3.8, 4) is 0 Å². The van der Waals surface area contributed by atoms with Crippen LogP contribution in [-0.4, -0.2) is 6.61 Å². The normalized spacial score (nSPS) is 11.0. The van der Waals surface area contributed by atoms with Gasteiger partial charge in [0.1, 0.15) is 5.82 Å². The van der Waals surface area contributed by atoms with E-state index in [-0.39, 0.29) is 5.82 Å². The summed E-state index contributed by atoms with van der Waals surface area (Å²) < 4.78 is 20.3. The number of hydrogen-bond acceptors (Lipinski definition) is 3. The molecule has 0 saturated carbocycles. The number of rotatable bonds is 6. The van der Waals surface area contributed by atoms with Gasteiger partial charge >= 0.3 is 0 Å². The molecule has 1 aromatic heterocycles. The van der Waals surface area contributed by atoms with Crippen LogP contribution in [0.25, 0.3) is 10.1 Å². The van der Waals surface area contributed by atoms with E-state index in [1.807, 2.05) is 6.07 Å². The Bertz CT molecular complexity index is 550. The van der Waals surface area contributed by atoms with Gasteiger partial charge in [-0.2, -0.15) is 0 Å². The molecule has 18 heavy (non-hydrogen) atoms. The Balaban J connectivity index is 2.31. The van der Waals surface area contributed by atoms with Crippen LogP contribution < -0.4 is 5.73 Å². The fourth-order valence-electron chi connectivity index (χ4n) is 1.87. The first-order valence-corrected chi connectivity index (χ1v) is 6.67. The van der Waals surface area contributed by atoms with Gasteiger partial charge in [-0.1, -0.05) is 12.1 Å². The van der Waals surface area contributed by atoms with Crippen molar-refractivity contribution in [2.24, 2.45) is 5.73 Å². The number of ether oxygens (including phenoxy) is 1. The van der Waals surface area contributed by atoms with Gasteiger partial charge in [0, 0.05) is 27.1 Å². The molecule has 0 aliphatic carbocycles. The van der Waals surface area contributed by atoms with Crippen molar-refractivity contribution >= 4 is 21.4 Å². The molecule has 1 aromatic carbocycles. The zero-order valence-electron chi connectivity index (χ0n) is 10.1. The Morgan fingerprint density at radius 2 is 2.28 bits per heavy atom. The summed E-state index contributed by atoms with van der Waals surface area (Å²) in [6.07, 6.45) is 2.60. The molecule has 2 N–H and O–H groups in total. The third-order valence-corrected chi connectivity index (χ3v) is 3.96. The second kappa shape index (κ2) is 6.09. The quantitative estimate of drug-likeness (QED) is 0.640. The molecule has 0 saturated heterocycles. The highest BCUT2D eigenvalue weighted by atomic mass is 32.1. The second-order valence-corrected chi connectivity index (χ2v) is 5.09. The molecule has 2 nitrogen and oxygen atoms in total. The third-order valence-electron chi connectivity index (χ3n) is 2.75. The molecule has 0 bridgehead atoms. The van der Waals surface area contributed by atoms with Crippen molar-refractivity contribution < 1.29 is 9.13 Å². The highest BCUT2D eigenvalue weighted by molar-refractivity contribution is 7.19. The van der Waals surface area contributed by atoms with Crippen LogP contribution in [0.15, 0.2) is 30.9 Å². The largest absolute Gasteiger partial charge is 0.376 e. The summed E-state index contributed by atoms with van der Waals surface area (Å²) in [5.74, 6) is -0.203. The topological polar surface area (TPSA) is 35.2 Å². The van der Waals surface area contributed by atoms with E-state index in [1.54, 1.807) is 12.1 Å². The lowest BCUT2D eigenvalue weighted by Crippen LogP contribution is -2.01. The summed E-state index contributed by atoms with van der Waals surface area (Å²) in [4.78, 5) is 0.994. The standard InChI is InChI=1S/C14H16FNOS/c1-2-3-7-17-9-10-13(8-16)18-12-6-4-5-11(15)14(10)12/h2,4-6H,1,3,7-9,16H2. The molecule has 0 aliphatic rings. The predicted molar refractivity (Wildman–Crippen MR) is 74.1 cm³/mol. The van der Waals surface area contributed by atoms with Crippen molar-refractivity contribution in [2.45, 2.75) is 19.6 Å². The van der Waals surface area contributed by atoms with E-state index in [0.717, 1.165) is 21.6 Å². The molecule has 0 radical (unpaired) electrons. The molecule has 2 rings (SSSR count). The maximum absolute atomic E-state index is 13.9. The summed E-state index contributed by atoms with van der Waals surface area (Å²) in [6.45, 7) is 5.05. The molecule has 0 fully saturated rings. The molecular formula is C14H16FNOS. The Morgan fingerprint density at radius 1 is 1.44 bits per heavy atom. The fraction of sp³-hybridized carbons (Fsp3) is 0.286. The lowest BCUT2D eigenvalue weighted by atomic mass is 10.1. The number of thiophene rings is 1. The maximum atomic E-state index is 13.9. The SMILES string of the molecule is C=CCCOCc1c(CN)sc2cccc(F)c12. The van der Waals surface area contributed by atoms with Gasteiger partial charge in [-0.05, 0) is 18.6 Å². The minimum atomic E-state index is -0.203. The molecule has 0 aliphatic heterocycles. The van der Waals surface area contributed by atoms with Gasteiger partial charge in [-0.3, -0.25) is 0 Å². The number of nitrogens with two attached hydrogens (primary N) is 1. The van der Waals surface area contributed by atoms with E-state index in [4.69, 9.17) is 10.5 Å². The van der Waals surface area contributed by atoms with Gasteiger partial charge in [-0.25, -0.2) is 4.39 Å². The molecule has 0 unspecified atom stereocenters. The van der Waals surface area contributed by atoms with Crippen molar-refractivity contribution in [1.29, 1.82) is 0 Å². The highest BCUT2D eigenvalue weighted by Gasteiger charge is 2.14. The molecule has 2 aromatic rings. The first-order valence-electron chi connectivity index (χ1n) is 5.85. The first-order chi connectivity index (χ1) is 8.77. The molecule has 4 heteroatoms. The summed E-state index contributed by atoms with van der Waals surface area (Å²) in [5.41, 5.74) is 6.60. The zero-order chi connectivity index (χ0) is 13.0. The summed E-state index contributed by atoms with van der Waals surface area (Å²) >= 11 is 1.54. The molecular weight excluding hydrogens is 249 g/mol. The van der Waals surface area contributed by atoms with Crippen LogP contribution in [0.2, 0.25) is 0 Å². The Labute approximate surface area is 110 Å². The summed E-state index contributed by atoms with van der Waals surface area (Å²) in [5, 5.41) is 0.654. The van der Waals surface area contributed by atoms with Crippen LogP contribution >= 0.6 is 11.3 Å². The van der Waals surface area contributed by atoms with Crippen LogP contribution in [0.3, 0.4) is 0 Å². The number of benzene rings is 1. The number of halogens is 1. The molecule has 0 spiro atoms. The van der Waals surface area contributed by atoms with Gasteiger partial charge in [0.15, 0.2) is 0 Å². The van der Waals surface area contributed by atoms with Crippen LogP contribution in [0.4, 0.5) is 4.39 Å². The van der Waals surface area contributed by atoms with E-state index in [1.165, 1.54) is 17.4 Å². The molecule has 96 valence electrons. The van der Waals surface area contributed by atoms with Crippen molar-refractivity contribution in [3.05, 3.63) is 47.1 Å². The van der Waals surface area contributed by atoms with Crippen LogP contribution in [0.5, 0.6) is 0 Å². The van der Waals surface area contributed by atoms with Crippen molar-refractivity contribution in [1.82, 2.24) is 0 Å². The zero-order valence-corrected chi connectivity index (χ0v) is 10.9. The van der Waals surface area contributed by atoms with Crippen LogP contribution in [0.1, 0.15) is 16.9 Å². The summed E-state index contributed by atoms with van der Waals surface area (Å²) in [7, 11) is 0. The smallest absolute Gasteiger partial charge is 0.132 e. The van der Waals surface area contributed by atoms with Crippen molar-refractivity contribution in [3.63, 3.8) is 0 Å². The van der Waals surface area contributed by atoms with Crippen LogP contribution in [-0.2, 0) is 17.9 Å². The van der Waals surface area contributed by atoms with Gasteiger partial charge in [-0.15, -0.1) is 17.9 Å². The number of hydrogen-bond donors (Lipinski definition) is 1. The Morgan fingerprint density at radius 3 is 3.00 bits per heavy atom. The van der Waals surface area contributed by atoms with E-state index < -0.39 is 0 Å². The monoisotopic (exact) mass is 265 g/mol. The van der Waals surface area contributed by atoms with E-state index in [0.29, 0.717) is 25.1 Å². The minimum Gasteiger partial charge on any atom is -0.376 e. The van der Waals surface area contributed by atoms with Gasteiger partial charge in [0.05, 0.1) is 13.2 Å².